The summed E-state index contributed by atoms with van der Waals surface area (Å²) in [6.07, 6.45) is -4.69. The fraction of sp³-hybridized carbons (Fsp3) is 0.538. The van der Waals surface area contributed by atoms with Crippen molar-refractivity contribution in [2.24, 2.45) is 5.73 Å². The van der Waals surface area contributed by atoms with Gasteiger partial charge in [0.05, 0.1) is 5.56 Å². The van der Waals surface area contributed by atoms with E-state index < -0.39 is 17.8 Å². The normalized spacial score (nSPS) is 26.9. The number of alkyl halides is 3. The molecule has 1 aromatic rings. The molecule has 3 unspecified atom stereocenters. The first-order chi connectivity index (χ1) is 8.93. The fourth-order valence-electron chi connectivity index (χ4n) is 2.12. The largest absolute Gasteiger partial charge is 0.487 e. The minimum atomic E-state index is -4.43. The van der Waals surface area contributed by atoms with Gasteiger partial charge in [-0.25, -0.2) is 0 Å². The maximum absolute atomic E-state index is 12.8. The van der Waals surface area contributed by atoms with Gasteiger partial charge < -0.3 is 15.2 Å². The lowest BCUT2D eigenvalue weighted by atomic mass is 9.86. The maximum Gasteiger partial charge on any atom is 0.419 e. The molecule has 3 atom stereocenters. The minimum Gasteiger partial charge on any atom is -0.487 e. The summed E-state index contributed by atoms with van der Waals surface area (Å²) in [6, 6.07) is 4.99. The van der Waals surface area contributed by atoms with Crippen LogP contribution >= 0.6 is 0 Å². The van der Waals surface area contributed by atoms with Gasteiger partial charge in [-0.1, -0.05) is 12.1 Å². The number of para-hydroxylation sites is 1. The van der Waals surface area contributed by atoms with Crippen LogP contribution in [0.15, 0.2) is 24.3 Å². The predicted molar refractivity (Wildman–Crippen MR) is 63.9 cm³/mol. The molecular weight excluding hydrogens is 259 g/mol. The number of ether oxygens (including phenoxy) is 2. The van der Waals surface area contributed by atoms with Crippen LogP contribution in [0.3, 0.4) is 0 Å². The highest BCUT2D eigenvalue weighted by molar-refractivity contribution is 5.36. The Bertz CT molecular complexity index is 436. The first kappa shape index (κ1) is 14.1. The number of rotatable bonds is 4. The van der Waals surface area contributed by atoms with Crippen molar-refractivity contribution >= 4 is 0 Å². The van der Waals surface area contributed by atoms with Crippen molar-refractivity contribution < 1.29 is 22.6 Å². The third kappa shape index (κ3) is 3.01. The Morgan fingerprint density at radius 2 is 2.00 bits per heavy atom. The van der Waals surface area contributed by atoms with Crippen LogP contribution in [-0.2, 0) is 10.9 Å². The molecular formula is C13H16F3NO2. The van der Waals surface area contributed by atoms with Crippen LogP contribution in [0.4, 0.5) is 13.2 Å². The van der Waals surface area contributed by atoms with Gasteiger partial charge in [0.15, 0.2) is 0 Å². The molecule has 2 rings (SSSR count). The number of halogens is 3. The molecule has 0 bridgehead atoms. The van der Waals surface area contributed by atoms with E-state index in [1.807, 2.05) is 6.92 Å². The average molecular weight is 275 g/mol. The van der Waals surface area contributed by atoms with Crippen LogP contribution in [0.25, 0.3) is 0 Å². The van der Waals surface area contributed by atoms with Crippen molar-refractivity contribution in [3.05, 3.63) is 29.8 Å². The SMILES string of the molecule is CCOC1C(N)CC1Oc1ccccc1C(F)(F)F. The molecule has 0 radical (unpaired) electrons. The smallest absolute Gasteiger partial charge is 0.419 e. The highest BCUT2D eigenvalue weighted by Gasteiger charge is 2.43. The van der Waals surface area contributed by atoms with Gasteiger partial charge in [-0.15, -0.1) is 0 Å². The van der Waals surface area contributed by atoms with Gasteiger partial charge in [-0.05, 0) is 19.1 Å². The van der Waals surface area contributed by atoms with Crippen LogP contribution in [0.1, 0.15) is 18.9 Å². The molecule has 1 aliphatic rings. The van der Waals surface area contributed by atoms with Gasteiger partial charge in [0.25, 0.3) is 0 Å². The third-order valence-corrected chi connectivity index (χ3v) is 3.12. The molecule has 0 spiro atoms. The maximum atomic E-state index is 12.8. The monoisotopic (exact) mass is 275 g/mol. The van der Waals surface area contributed by atoms with E-state index in [1.165, 1.54) is 18.2 Å². The average Bonchev–Trinajstić information content (AvgIpc) is 2.35. The van der Waals surface area contributed by atoms with Gasteiger partial charge in [0.2, 0.25) is 0 Å². The van der Waals surface area contributed by atoms with Crippen molar-refractivity contribution in [3.8, 4) is 5.75 Å². The van der Waals surface area contributed by atoms with E-state index in [0.29, 0.717) is 13.0 Å². The quantitative estimate of drug-likeness (QED) is 0.918. The molecule has 19 heavy (non-hydrogen) atoms. The second-order valence-corrected chi connectivity index (χ2v) is 4.47. The summed E-state index contributed by atoms with van der Waals surface area (Å²) in [5.74, 6) is -0.170. The molecule has 0 aliphatic heterocycles. The summed E-state index contributed by atoms with van der Waals surface area (Å²) >= 11 is 0. The number of hydrogen-bond acceptors (Lipinski definition) is 3. The molecule has 3 nitrogen and oxygen atoms in total. The second kappa shape index (κ2) is 5.38. The highest BCUT2D eigenvalue weighted by atomic mass is 19.4. The summed E-state index contributed by atoms with van der Waals surface area (Å²) in [5, 5.41) is 0. The van der Waals surface area contributed by atoms with E-state index in [1.54, 1.807) is 0 Å². The van der Waals surface area contributed by atoms with Crippen molar-refractivity contribution in [1.82, 2.24) is 0 Å². The Morgan fingerprint density at radius 3 is 2.58 bits per heavy atom. The molecule has 1 aliphatic carbocycles. The second-order valence-electron chi connectivity index (χ2n) is 4.47. The predicted octanol–water partition coefficient (Wildman–Crippen LogP) is 2.59. The van der Waals surface area contributed by atoms with Crippen molar-refractivity contribution in [1.29, 1.82) is 0 Å². The zero-order valence-electron chi connectivity index (χ0n) is 10.5. The summed E-state index contributed by atoms with van der Waals surface area (Å²) in [6.45, 7) is 2.27. The zero-order chi connectivity index (χ0) is 14.0. The molecule has 1 fully saturated rings. The minimum absolute atomic E-state index is 0.170. The van der Waals surface area contributed by atoms with E-state index >= 15 is 0 Å². The molecule has 1 aromatic carbocycles. The van der Waals surface area contributed by atoms with Gasteiger partial charge in [-0.3, -0.25) is 0 Å². The van der Waals surface area contributed by atoms with E-state index in [0.717, 1.165) is 6.07 Å². The fourth-order valence-corrected chi connectivity index (χ4v) is 2.12. The molecule has 0 heterocycles. The molecule has 1 saturated carbocycles. The summed E-state index contributed by atoms with van der Waals surface area (Å²) in [4.78, 5) is 0. The lowest BCUT2D eigenvalue weighted by molar-refractivity contribution is -0.142. The lowest BCUT2D eigenvalue weighted by Gasteiger charge is -2.41. The molecule has 106 valence electrons. The van der Waals surface area contributed by atoms with Crippen LogP contribution in [-0.4, -0.2) is 24.9 Å². The summed E-state index contributed by atoms with van der Waals surface area (Å²) < 4.78 is 49.2. The Kier molecular flexibility index (Phi) is 4.01. The Morgan fingerprint density at radius 1 is 1.32 bits per heavy atom. The van der Waals surface area contributed by atoms with E-state index in [-0.39, 0.29) is 17.9 Å². The molecule has 0 amide bonds. The van der Waals surface area contributed by atoms with E-state index in [9.17, 15) is 13.2 Å². The first-order valence-electron chi connectivity index (χ1n) is 6.13. The van der Waals surface area contributed by atoms with Gasteiger partial charge >= 0.3 is 6.18 Å². The molecule has 0 aromatic heterocycles. The zero-order valence-corrected chi connectivity index (χ0v) is 10.5. The molecule has 2 N–H and O–H groups in total. The topological polar surface area (TPSA) is 44.5 Å². The number of benzene rings is 1. The third-order valence-electron chi connectivity index (χ3n) is 3.12. The summed E-state index contributed by atoms with van der Waals surface area (Å²) in [5.41, 5.74) is 4.98. The Labute approximate surface area is 109 Å². The van der Waals surface area contributed by atoms with E-state index in [2.05, 4.69) is 0 Å². The van der Waals surface area contributed by atoms with Crippen LogP contribution < -0.4 is 10.5 Å². The number of nitrogens with two attached hydrogens (primary N) is 1. The number of hydrogen-bond donors (Lipinski definition) is 1. The van der Waals surface area contributed by atoms with Crippen molar-refractivity contribution in [2.45, 2.75) is 37.8 Å². The molecule has 6 heteroatoms. The van der Waals surface area contributed by atoms with Gasteiger partial charge in [-0.2, -0.15) is 13.2 Å². The van der Waals surface area contributed by atoms with Crippen LogP contribution in [0.5, 0.6) is 5.75 Å². The molecule has 0 saturated heterocycles. The van der Waals surface area contributed by atoms with Crippen LogP contribution in [0.2, 0.25) is 0 Å². The van der Waals surface area contributed by atoms with Gasteiger partial charge in [0, 0.05) is 19.1 Å². The van der Waals surface area contributed by atoms with Gasteiger partial charge in [0.1, 0.15) is 18.0 Å². The first-order valence-corrected chi connectivity index (χ1v) is 6.13. The Hall–Kier alpha value is -1.27. The van der Waals surface area contributed by atoms with Crippen molar-refractivity contribution in [2.75, 3.05) is 6.61 Å². The Balaban J connectivity index is 2.12. The van der Waals surface area contributed by atoms with Crippen molar-refractivity contribution in [3.63, 3.8) is 0 Å². The standard InChI is InChI=1S/C13H16F3NO2/c1-2-18-12-9(17)7-11(12)19-10-6-4-3-5-8(10)13(14,15)16/h3-6,9,11-12H,2,7,17H2,1H3. The van der Waals surface area contributed by atoms with Crippen LogP contribution in [0, 0.1) is 0 Å². The van der Waals surface area contributed by atoms with E-state index in [4.69, 9.17) is 15.2 Å². The highest BCUT2D eigenvalue weighted by Crippen LogP contribution is 2.38. The summed E-state index contributed by atoms with van der Waals surface area (Å²) in [7, 11) is 0. The lowest BCUT2D eigenvalue weighted by Crippen LogP contribution is -2.59.